The summed E-state index contributed by atoms with van der Waals surface area (Å²) in [5.74, 6) is -0.0456. The van der Waals surface area contributed by atoms with Gasteiger partial charge in [0.15, 0.2) is 0 Å². The monoisotopic (exact) mass is 353 g/mol. The van der Waals surface area contributed by atoms with Crippen molar-refractivity contribution in [1.29, 1.82) is 0 Å². The summed E-state index contributed by atoms with van der Waals surface area (Å²) in [5, 5.41) is 0. The SMILES string of the molecule is CCOC(=O)CCCCCCC(=O)N(c1ccccc1)c1ccccc1. The van der Waals surface area contributed by atoms with Crippen molar-refractivity contribution in [2.45, 2.75) is 45.4 Å². The molecule has 0 spiro atoms. The third-order valence-electron chi connectivity index (χ3n) is 4.11. The number of carbonyl (C=O) groups is 2. The second kappa shape index (κ2) is 11.1. The number of unbranched alkanes of at least 4 members (excludes halogenated alkanes) is 3. The van der Waals surface area contributed by atoms with Crippen LogP contribution >= 0.6 is 0 Å². The van der Waals surface area contributed by atoms with E-state index in [0.717, 1.165) is 37.1 Å². The number of para-hydroxylation sites is 2. The average molecular weight is 353 g/mol. The summed E-state index contributed by atoms with van der Waals surface area (Å²) in [5.41, 5.74) is 1.76. The first-order chi connectivity index (χ1) is 12.7. The molecule has 138 valence electrons. The van der Waals surface area contributed by atoms with Gasteiger partial charge in [-0.2, -0.15) is 0 Å². The van der Waals surface area contributed by atoms with Gasteiger partial charge in [0.1, 0.15) is 0 Å². The van der Waals surface area contributed by atoms with Crippen LogP contribution in [0.5, 0.6) is 0 Å². The molecule has 1 amide bonds. The molecule has 2 aromatic rings. The first kappa shape index (κ1) is 19.7. The van der Waals surface area contributed by atoms with Crippen LogP contribution in [-0.4, -0.2) is 18.5 Å². The molecule has 0 atom stereocenters. The molecule has 4 nitrogen and oxygen atoms in total. The highest BCUT2D eigenvalue weighted by Gasteiger charge is 2.17. The van der Waals surface area contributed by atoms with Gasteiger partial charge >= 0.3 is 5.97 Å². The van der Waals surface area contributed by atoms with Crippen LogP contribution in [0.4, 0.5) is 11.4 Å². The van der Waals surface area contributed by atoms with Crippen molar-refractivity contribution in [1.82, 2.24) is 0 Å². The van der Waals surface area contributed by atoms with Gasteiger partial charge < -0.3 is 4.74 Å². The Bertz CT molecular complexity index is 631. The molecule has 0 bridgehead atoms. The normalized spacial score (nSPS) is 10.3. The predicted molar refractivity (Wildman–Crippen MR) is 104 cm³/mol. The number of hydrogen-bond acceptors (Lipinski definition) is 3. The number of carbonyl (C=O) groups excluding carboxylic acids is 2. The van der Waals surface area contributed by atoms with Crippen molar-refractivity contribution in [3.63, 3.8) is 0 Å². The molecule has 0 aliphatic rings. The highest BCUT2D eigenvalue weighted by molar-refractivity contribution is 6.00. The highest BCUT2D eigenvalue weighted by atomic mass is 16.5. The number of nitrogens with zero attached hydrogens (tertiary/aromatic N) is 1. The van der Waals surface area contributed by atoms with Gasteiger partial charge in [0.25, 0.3) is 0 Å². The number of hydrogen-bond donors (Lipinski definition) is 0. The number of rotatable bonds is 10. The molecule has 2 aromatic carbocycles. The van der Waals surface area contributed by atoms with Crippen LogP contribution in [0, 0.1) is 0 Å². The van der Waals surface area contributed by atoms with Gasteiger partial charge in [-0.25, -0.2) is 0 Å². The van der Waals surface area contributed by atoms with Crippen molar-refractivity contribution in [3.05, 3.63) is 60.7 Å². The summed E-state index contributed by atoms with van der Waals surface area (Å²) in [6, 6.07) is 19.4. The lowest BCUT2D eigenvalue weighted by atomic mass is 10.1. The molecule has 0 saturated heterocycles. The maximum atomic E-state index is 12.8. The Morgan fingerprint density at radius 1 is 0.769 bits per heavy atom. The van der Waals surface area contributed by atoms with Gasteiger partial charge in [-0.3, -0.25) is 14.5 Å². The van der Waals surface area contributed by atoms with Crippen LogP contribution in [0.1, 0.15) is 45.4 Å². The van der Waals surface area contributed by atoms with Crippen molar-refractivity contribution in [2.75, 3.05) is 11.5 Å². The zero-order chi connectivity index (χ0) is 18.6. The Hall–Kier alpha value is -2.62. The summed E-state index contributed by atoms with van der Waals surface area (Å²) in [6.45, 7) is 2.25. The zero-order valence-electron chi connectivity index (χ0n) is 15.4. The lowest BCUT2D eigenvalue weighted by Gasteiger charge is -2.23. The maximum absolute atomic E-state index is 12.8. The van der Waals surface area contributed by atoms with Gasteiger partial charge in [0, 0.05) is 24.2 Å². The van der Waals surface area contributed by atoms with Crippen LogP contribution in [0.2, 0.25) is 0 Å². The molecule has 0 heterocycles. The molecule has 4 heteroatoms. The van der Waals surface area contributed by atoms with E-state index in [9.17, 15) is 9.59 Å². The molecule has 0 saturated carbocycles. The Labute approximate surface area is 155 Å². The third kappa shape index (κ3) is 6.36. The molecule has 0 fully saturated rings. The molecule has 0 radical (unpaired) electrons. The lowest BCUT2D eigenvalue weighted by Crippen LogP contribution is -2.25. The summed E-state index contributed by atoms with van der Waals surface area (Å²) in [7, 11) is 0. The van der Waals surface area contributed by atoms with E-state index >= 15 is 0 Å². The quantitative estimate of drug-likeness (QED) is 0.433. The summed E-state index contributed by atoms with van der Waals surface area (Å²) in [4.78, 5) is 25.9. The van der Waals surface area contributed by atoms with E-state index in [1.54, 1.807) is 4.90 Å². The lowest BCUT2D eigenvalue weighted by molar-refractivity contribution is -0.143. The largest absolute Gasteiger partial charge is 0.466 e. The number of ether oxygens (including phenoxy) is 1. The minimum absolute atomic E-state index is 0.0905. The molecule has 0 unspecified atom stereocenters. The molecule has 2 rings (SSSR count). The molecule has 0 aliphatic heterocycles. The van der Waals surface area contributed by atoms with E-state index in [4.69, 9.17) is 4.74 Å². The first-order valence-electron chi connectivity index (χ1n) is 9.31. The summed E-state index contributed by atoms with van der Waals surface area (Å²) in [6.07, 6.45) is 4.45. The number of esters is 1. The maximum Gasteiger partial charge on any atom is 0.305 e. The van der Waals surface area contributed by atoms with E-state index in [-0.39, 0.29) is 11.9 Å². The minimum Gasteiger partial charge on any atom is -0.466 e. The van der Waals surface area contributed by atoms with Gasteiger partial charge in [-0.15, -0.1) is 0 Å². The Kier molecular flexibility index (Phi) is 8.40. The molecule has 0 aromatic heterocycles. The Morgan fingerprint density at radius 2 is 1.27 bits per heavy atom. The topological polar surface area (TPSA) is 46.6 Å². The van der Waals surface area contributed by atoms with Crippen LogP contribution in [0.25, 0.3) is 0 Å². The molecular formula is C22H27NO3. The third-order valence-corrected chi connectivity index (χ3v) is 4.11. The fourth-order valence-corrected chi connectivity index (χ4v) is 2.84. The van der Waals surface area contributed by atoms with Crippen LogP contribution in [0.15, 0.2) is 60.7 Å². The molecule has 0 aliphatic carbocycles. The molecule has 0 N–H and O–H groups in total. The average Bonchev–Trinajstić information content (AvgIpc) is 2.67. The predicted octanol–water partition coefficient (Wildman–Crippen LogP) is 5.26. The van der Waals surface area contributed by atoms with Gasteiger partial charge in [0.05, 0.1) is 6.61 Å². The van der Waals surface area contributed by atoms with E-state index in [1.165, 1.54) is 0 Å². The fourth-order valence-electron chi connectivity index (χ4n) is 2.84. The van der Waals surface area contributed by atoms with Crippen molar-refractivity contribution < 1.29 is 14.3 Å². The van der Waals surface area contributed by atoms with Crippen molar-refractivity contribution in [3.8, 4) is 0 Å². The highest BCUT2D eigenvalue weighted by Crippen LogP contribution is 2.26. The van der Waals surface area contributed by atoms with E-state index in [0.29, 0.717) is 19.4 Å². The second-order valence-electron chi connectivity index (χ2n) is 6.12. The van der Waals surface area contributed by atoms with Crippen LogP contribution in [-0.2, 0) is 14.3 Å². The Balaban J connectivity index is 1.85. The number of anilines is 2. The first-order valence-corrected chi connectivity index (χ1v) is 9.31. The molecule has 26 heavy (non-hydrogen) atoms. The number of amides is 1. The Morgan fingerprint density at radius 3 is 1.77 bits per heavy atom. The van der Waals surface area contributed by atoms with E-state index in [1.807, 2.05) is 67.6 Å². The van der Waals surface area contributed by atoms with Crippen LogP contribution < -0.4 is 4.90 Å². The standard InChI is InChI=1S/C22H27NO3/c1-2-26-22(25)18-12-4-3-11-17-21(24)23(19-13-7-5-8-14-19)20-15-9-6-10-16-20/h5-10,13-16H,2-4,11-12,17-18H2,1H3. The molecular weight excluding hydrogens is 326 g/mol. The van der Waals surface area contributed by atoms with Crippen molar-refractivity contribution >= 4 is 23.3 Å². The van der Waals surface area contributed by atoms with Crippen LogP contribution in [0.3, 0.4) is 0 Å². The summed E-state index contributed by atoms with van der Waals surface area (Å²) >= 11 is 0. The number of benzene rings is 2. The minimum atomic E-state index is -0.136. The van der Waals surface area contributed by atoms with E-state index < -0.39 is 0 Å². The van der Waals surface area contributed by atoms with Crippen molar-refractivity contribution in [2.24, 2.45) is 0 Å². The fraction of sp³-hybridized carbons (Fsp3) is 0.364. The van der Waals surface area contributed by atoms with Gasteiger partial charge in [-0.1, -0.05) is 49.2 Å². The van der Waals surface area contributed by atoms with Gasteiger partial charge in [-0.05, 0) is 44.0 Å². The smallest absolute Gasteiger partial charge is 0.305 e. The second-order valence-corrected chi connectivity index (χ2v) is 6.12. The zero-order valence-corrected chi connectivity index (χ0v) is 15.4. The van der Waals surface area contributed by atoms with E-state index in [2.05, 4.69) is 0 Å². The van der Waals surface area contributed by atoms with Gasteiger partial charge in [0.2, 0.25) is 5.91 Å². The summed E-state index contributed by atoms with van der Waals surface area (Å²) < 4.78 is 4.92.